The van der Waals surface area contributed by atoms with E-state index in [4.69, 9.17) is 0 Å². The minimum atomic E-state index is -0.532. The Bertz CT molecular complexity index is 1340. The van der Waals surface area contributed by atoms with Crippen molar-refractivity contribution in [1.29, 1.82) is 0 Å². The van der Waals surface area contributed by atoms with Gasteiger partial charge in [-0.15, -0.1) is 0 Å². The first-order chi connectivity index (χ1) is 13.7. The van der Waals surface area contributed by atoms with Gasteiger partial charge in [0.25, 0.3) is 0 Å². The van der Waals surface area contributed by atoms with Gasteiger partial charge in [-0.1, -0.05) is 60.7 Å². The topological polar surface area (TPSA) is 82.9 Å². The fourth-order valence-corrected chi connectivity index (χ4v) is 2.83. The van der Waals surface area contributed by atoms with E-state index in [9.17, 15) is 9.59 Å². The van der Waals surface area contributed by atoms with E-state index in [-0.39, 0.29) is 10.7 Å². The van der Waals surface area contributed by atoms with Crippen LogP contribution in [0.5, 0.6) is 0 Å². The first kappa shape index (κ1) is 17.4. The highest BCUT2D eigenvalue weighted by Gasteiger charge is 2.09. The number of para-hydroxylation sites is 2. The van der Waals surface area contributed by atoms with E-state index in [1.807, 2.05) is 48.5 Å². The van der Waals surface area contributed by atoms with Crippen LogP contribution < -0.4 is 32.4 Å². The van der Waals surface area contributed by atoms with E-state index in [1.165, 1.54) is 0 Å². The van der Waals surface area contributed by atoms with E-state index in [2.05, 4.69) is 21.1 Å². The summed E-state index contributed by atoms with van der Waals surface area (Å²) in [6.07, 6.45) is 0. The molecule has 0 aromatic heterocycles. The molecular weight excluding hydrogens is 352 g/mol. The summed E-state index contributed by atoms with van der Waals surface area (Å²) in [5.74, 6) is 0. The molecule has 0 atom stereocenters. The number of nitrogens with zero attached hydrogens (tertiary/aromatic N) is 2. The molecule has 0 aliphatic rings. The summed E-state index contributed by atoms with van der Waals surface area (Å²) in [4.78, 5) is 25.8. The minimum absolute atomic E-state index is 0.146. The Kier molecular flexibility index (Phi) is 4.76. The summed E-state index contributed by atoms with van der Waals surface area (Å²) in [5.41, 5.74) is 6.10. The molecular formula is C22H16N4O2. The van der Waals surface area contributed by atoms with E-state index in [0.717, 1.165) is 5.69 Å². The number of fused-ring (bicyclic) bond motifs is 1. The van der Waals surface area contributed by atoms with Crippen molar-refractivity contribution >= 4 is 22.1 Å². The number of anilines is 2. The van der Waals surface area contributed by atoms with Gasteiger partial charge < -0.3 is 0 Å². The molecule has 0 amide bonds. The molecule has 0 aliphatic heterocycles. The second-order valence-corrected chi connectivity index (χ2v) is 6.08. The molecule has 4 aromatic carbocycles. The quantitative estimate of drug-likeness (QED) is 0.542. The van der Waals surface area contributed by atoms with Gasteiger partial charge in [-0.3, -0.25) is 20.4 Å². The van der Waals surface area contributed by atoms with Crippen LogP contribution in [0.1, 0.15) is 0 Å². The Morgan fingerprint density at radius 3 is 1.54 bits per heavy atom. The van der Waals surface area contributed by atoms with E-state index in [1.54, 1.807) is 36.4 Å². The summed E-state index contributed by atoms with van der Waals surface area (Å²) in [6.45, 7) is 0. The highest BCUT2D eigenvalue weighted by molar-refractivity contribution is 5.81. The van der Waals surface area contributed by atoms with Gasteiger partial charge in [0.15, 0.2) is 5.36 Å². The van der Waals surface area contributed by atoms with Gasteiger partial charge >= 0.3 is 0 Å². The van der Waals surface area contributed by atoms with Gasteiger partial charge in [0, 0.05) is 10.8 Å². The van der Waals surface area contributed by atoms with Gasteiger partial charge in [0.1, 0.15) is 5.36 Å². The van der Waals surface area contributed by atoms with Gasteiger partial charge in [-0.25, -0.2) is 0 Å². The minimum Gasteiger partial charge on any atom is -0.287 e. The molecule has 2 N–H and O–H groups in total. The zero-order valence-corrected chi connectivity index (χ0v) is 14.8. The van der Waals surface area contributed by atoms with Crippen LogP contribution in [0.15, 0.2) is 105 Å². The molecule has 0 radical (unpaired) electrons. The molecule has 0 saturated heterocycles. The Balaban J connectivity index is 1.92. The Labute approximate surface area is 159 Å². The van der Waals surface area contributed by atoms with Gasteiger partial charge in [0.05, 0.1) is 11.4 Å². The zero-order chi connectivity index (χ0) is 19.3. The largest absolute Gasteiger partial charge is 0.287 e. The Hall–Kier alpha value is -4.06. The summed E-state index contributed by atoms with van der Waals surface area (Å²) in [7, 11) is 0. The smallest absolute Gasteiger partial charge is 0.237 e. The standard InChI is InChI=1S/C22H16N4O2/c27-21-18-14-8-7-13-17(18)19(25-23-15-9-3-1-4-10-15)22(28)20(21)26-24-16-11-5-2-6-12-16/h1-14,23-24H/b25-19+,26-20-. The molecule has 6 heteroatoms. The summed E-state index contributed by atoms with van der Waals surface area (Å²) >= 11 is 0. The average molecular weight is 368 g/mol. The van der Waals surface area contributed by atoms with Crippen molar-refractivity contribution in [2.45, 2.75) is 0 Å². The molecule has 0 bridgehead atoms. The van der Waals surface area contributed by atoms with Gasteiger partial charge in [-0.2, -0.15) is 10.2 Å². The van der Waals surface area contributed by atoms with Crippen LogP contribution >= 0.6 is 0 Å². The van der Waals surface area contributed by atoms with Crippen LogP contribution in [-0.4, -0.2) is 0 Å². The van der Waals surface area contributed by atoms with Gasteiger partial charge in [0.2, 0.25) is 10.9 Å². The van der Waals surface area contributed by atoms with Crippen LogP contribution in [0.3, 0.4) is 0 Å². The fourth-order valence-electron chi connectivity index (χ4n) is 2.83. The normalized spacial score (nSPS) is 12.3. The summed E-state index contributed by atoms with van der Waals surface area (Å²) in [5, 5.41) is 9.18. The third-order valence-electron chi connectivity index (χ3n) is 4.21. The molecule has 0 fully saturated rings. The lowest BCUT2D eigenvalue weighted by Crippen LogP contribution is -2.49. The number of rotatable bonds is 4. The van der Waals surface area contributed by atoms with Gasteiger partial charge in [-0.05, 0) is 24.3 Å². The van der Waals surface area contributed by atoms with Crippen LogP contribution in [-0.2, 0) is 0 Å². The van der Waals surface area contributed by atoms with Crippen molar-refractivity contribution in [2.75, 3.05) is 10.9 Å². The Morgan fingerprint density at radius 2 is 0.964 bits per heavy atom. The van der Waals surface area contributed by atoms with Crippen LogP contribution in [0, 0.1) is 0 Å². The third-order valence-corrected chi connectivity index (χ3v) is 4.21. The van der Waals surface area contributed by atoms with Crippen molar-refractivity contribution < 1.29 is 0 Å². The fraction of sp³-hybridized carbons (Fsp3) is 0. The molecule has 0 unspecified atom stereocenters. The molecule has 0 heterocycles. The number of hydrogen-bond donors (Lipinski definition) is 2. The number of benzene rings is 4. The summed E-state index contributed by atoms with van der Waals surface area (Å²) in [6, 6.07) is 25.3. The van der Waals surface area contributed by atoms with E-state index < -0.39 is 10.9 Å². The maximum Gasteiger partial charge on any atom is 0.237 e. The molecule has 6 nitrogen and oxygen atoms in total. The van der Waals surface area contributed by atoms with Crippen molar-refractivity contribution in [3.63, 3.8) is 0 Å². The maximum atomic E-state index is 13.0. The molecule has 4 aromatic rings. The predicted octanol–water partition coefficient (Wildman–Crippen LogP) is 2.29. The molecule has 136 valence electrons. The lowest BCUT2D eigenvalue weighted by molar-refractivity contribution is 1.13. The Morgan fingerprint density at radius 1 is 0.500 bits per heavy atom. The first-order valence-corrected chi connectivity index (χ1v) is 8.70. The van der Waals surface area contributed by atoms with Crippen molar-refractivity contribution in [2.24, 2.45) is 10.2 Å². The number of hydrogen-bond acceptors (Lipinski definition) is 6. The van der Waals surface area contributed by atoms with Crippen molar-refractivity contribution in [3.8, 4) is 0 Å². The summed E-state index contributed by atoms with van der Waals surface area (Å²) < 4.78 is 0. The predicted molar refractivity (Wildman–Crippen MR) is 110 cm³/mol. The van der Waals surface area contributed by atoms with Crippen molar-refractivity contribution in [1.82, 2.24) is 0 Å². The monoisotopic (exact) mass is 368 g/mol. The second-order valence-electron chi connectivity index (χ2n) is 6.08. The van der Waals surface area contributed by atoms with Crippen LogP contribution in [0.4, 0.5) is 11.4 Å². The maximum absolute atomic E-state index is 13.0. The molecule has 0 spiro atoms. The lowest BCUT2D eigenvalue weighted by atomic mass is 10.1. The highest BCUT2D eigenvalue weighted by atomic mass is 16.1. The first-order valence-electron chi connectivity index (χ1n) is 8.70. The molecule has 28 heavy (non-hydrogen) atoms. The number of nitrogens with one attached hydrogen (secondary N) is 2. The molecule has 0 aliphatic carbocycles. The molecule has 4 rings (SSSR count). The molecule has 0 saturated carbocycles. The van der Waals surface area contributed by atoms with E-state index >= 15 is 0 Å². The van der Waals surface area contributed by atoms with Crippen LogP contribution in [0.25, 0.3) is 10.8 Å². The average Bonchev–Trinajstić information content (AvgIpc) is 2.75. The lowest BCUT2D eigenvalue weighted by Gasteiger charge is -2.01. The van der Waals surface area contributed by atoms with E-state index in [0.29, 0.717) is 16.5 Å². The SMILES string of the molecule is O=c1/c(=N\Nc2ccccc2)c(=O)c2ccccc2/c1=N\Nc1ccccc1. The third kappa shape index (κ3) is 3.43. The second kappa shape index (κ2) is 7.67. The van der Waals surface area contributed by atoms with Crippen molar-refractivity contribution in [3.05, 3.63) is 116 Å². The van der Waals surface area contributed by atoms with Crippen LogP contribution in [0.2, 0.25) is 0 Å². The zero-order valence-electron chi connectivity index (χ0n) is 14.8. The highest BCUT2D eigenvalue weighted by Crippen LogP contribution is 2.06.